The van der Waals surface area contributed by atoms with Gasteiger partial charge in [-0.3, -0.25) is 4.79 Å². The van der Waals surface area contributed by atoms with E-state index < -0.39 is 0 Å². The van der Waals surface area contributed by atoms with Gasteiger partial charge in [-0.1, -0.05) is 32.6 Å². The van der Waals surface area contributed by atoms with Gasteiger partial charge in [0.2, 0.25) is 0 Å². The van der Waals surface area contributed by atoms with Crippen LogP contribution in [-0.2, 0) is 4.79 Å². The molecule has 114 valence electrons. The Morgan fingerprint density at radius 1 is 0.850 bits per heavy atom. The summed E-state index contributed by atoms with van der Waals surface area (Å²) in [6.07, 6.45) is 16.1. The second kappa shape index (κ2) is 6.62. The van der Waals surface area contributed by atoms with Crippen molar-refractivity contribution >= 4 is 5.78 Å². The molecule has 0 saturated heterocycles. The summed E-state index contributed by atoms with van der Waals surface area (Å²) in [5.41, 5.74) is 0. The van der Waals surface area contributed by atoms with Crippen LogP contribution in [-0.4, -0.2) is 5.78 Å². The van der Waals surface area contributed by atoms with E-state index in [0.29, 0.717) is 5.78 Å². The van der Waals surface area contributed by atoms with Crippen molar-refractivity contribution in [2.24, 2.45) is 29.6 Å². The molecule has 1 nitrogen and oxygen atoms in total. The van der Waals surface area contributed by atoms with Crippen molar-refractivity contribution in [3.8, 4) is 0 Å². The Morgan fingerprint density at radius 2 is 1.50 bits per heavy atom. The summed E-state index contributed by atoms with van der Waals surface area (Å²) in [6.45, 7) is 2.33. The van der Waals surface area contributed by atoms with Gasteiger partial charge in [0.1, 0.15) is 5.78 Å². The van der Waals surface area contributed by atoms with Crippen molar-refractivity contribution in [1.29, 1.82) is 0 Å². The summed E-state index contributed by atoms with van der Waals surface area (Å²) in [7, 11) is 0. The topological polar surface area (TPSA) is 17.1 Å². The van der Waals surface area contributed by atoms with Gasteiger partial charge in [0.15, 0.2) is 0 Å². The van der Waals surface area contributed by atoms with E-state index in [1.54, 1.807) is 0 Å². The first kappa shape index (κ1) is 14.6. The quantitative estimate of drug-likeness (QED) is 0.676. The van der Waals surface area contributed by atoms with Gasteiger partial charge in [0.25, 0.3) is 0 Å². The molecule has 3 atom stereocenters. The molecule has 0 heterocycles. The van der Waals surface area contributed by atoms with E-state index >= 15 is 0 Å². The van der Waals surface area contributed by atoms with Gasteiger partial charge in [-0.25, -0.2) is 0 Å². The van der Waals surface area contributed by atoms with Crippen LogP contribution in [0.3, 0.4) is 0 Å². The van der Waals surface area contributed by atoms with Gasteiger partial charge in [-0.05, 0) is 68.1 Å². The number of hydrogen-bond donors (Lipinski definition) is 0. The van der Waals surface area contributed by atoms with E-state index in [4.69, 9.17) is 0 Å². The van der Waals surface area contributed by atoms with Gasteiger partial charge in [-0.2, -0.15) is 0 Å². The lowest BCUT2D eigenvalue weighted by Crippen LogP contribution is -2.34. The highest BCUT2D eigenvalue weighted by Crippen LogP contribution is 2.47. The minimum atomic E-state index is 0.546. The summed E-state index contributed by atoms with van der Waals surface area (Å²) in [5, 5.41) is 0. The van der Waals surface area contributed by atoms with Crippen LogP contribution in [0.15, 0.2) is 0 Å². The van der Waals surface area contributed by atoms with Gasteiger partial charge in [-0.15, -0.1) is 0 Å². The molecule has 3 aliphatic carbocycles. The molecule has 0 bridgehead atoms. The summed E-state index contributed by atoms with van der Waals surface area (Å²) in [4.78, 5) is 11.6. The zero-order valence-electron chi connectivity index (χ0n) is 13.3. The Hall–Kier alpha value is -0.330. The van der Waals surface area contributed by atoms with Gasteiger partial charge in [0.05, 0.1) is 0 Å². The van der Waals surface area contributed by atoms with Crippen LogP contribution in [0.1, 0.15) is 84.0 Å². The maximum atomic E-state index is 11.6. The normalized spacial score (nSPS) is 42.2. The third-order valence-electron chi connectivity index (χ3n) is 6.72. The maximum absolute atomic E-state index is 11.6. The maximum Gasteiger partial charge on any atom is 0.133 e. The molecule has 0 radical (unpaired) electrons. The standard InChI is InChI=1S/C19H32O/c1-2-3-14-4-6-15(7-5-14)16-8-9-18-13-19(20)11-10-17(18)12-16/h14-18H,2-13H2,1H3/t14-,15-,16?,17?,18?. The fraction of sp³-hybridized carbons (Fsp3) is 0.947. The molecule has 3 aliphatic rings. The van der Waals surface area contributed by atoms with E-state index in [2.05, 4.69) is 6.92 Å². The van der Waals surface area contributed by atoms with E-state index in [1.807, 2.05) is 0 Å². The number of carbonyl (C=O) groups is 1. The Morgan fingerprint density at radius 3 is 2.25 bits per heavy atom. The molecule has 3 saturated carbocycles. The lowest BCUT2D eigenvalue weighted by Gasteiger charge is -2.43. The van der Waals surface area contributed by atoms with Gasteiger partial charge in [0, 0.05) is 12.8 Å². The largest absolute Gasteiger partial charge is 0.300 e. The first-order valence-corrected chi connectivity index (χ1v) is 9.28. The fourth-order valence-corrected chi connectivity index (χ4v) is 5.51. The zero-order valence-corrected chi connectivity index (χ0v) is 13.3. The van der Waals surface area contributed by atoms with Crippen molar-refractivity contribution in [2.45, 2.75) is 84.0 Å². The number of carbonyl (C=O) groups excluding carboxylic acids is 1. The van der Waals surface area contributed by atoms with Crippen LogP contribution in [0.2, 0.25) is 0 Å². The van der Waals surface area contributed by atoms with Crippen molar-refractivity contribution in [1.82, 2.24) is 0 Å². The van der Waals surface area contributed by atoms with Crippen molar-refractivity contribution < 1.29 is 4.79 Å². The average molecular weight is 276 g/mol. The lowest BCUT2D eigenvalue weighted by atomic mass is 9.62. The predicted molar refractivity (Wildman–Crippen MR) is 83.5 cm³/mol. The molecule has 0 aliphatic heterocycles. The molecule has 0 N–H and O–H groups in total. The Labute approximate surface area is 124 Å². The van der Waals surface area contributed by atoms with Gasteiger partial charge < -0.3 is 0 Å². The van der Waals surface area contributed by atoms with Crippen LogP contribution in [0.5, 0.6) is 0 Å². The summed E-state index contributed by atoms with van der Waals surface area (Å²) >= 11 is 0. The summed E-state index contributed by atoms with van der Waals surface area (Å²) < 4.78 is 0. The molecule has 3 rings (SSSR count). The van der Waals surface area contributed by atoms with Crippen molar-refractivity contribution in [3.63, 3.8) is 0 Å². The number of fused-ring (bicyclic) bond motifs is 1. The number of Topliss-reactive ketones (excluding diaryl/α,β-unsaturated/α-hetero) is 1. The molecule has 1 heteroatoms. The molecule has 0 amide bonds. The highest BCUT2D eigenvalue weighted by molar-refractivity contribution is 5.79. The second-order valence-electron chi connectivity index (χ2n) is 7.94. The molecular formula is C19H32O. The molecule has 3 fully saturated rings. The predicted octanol–water partition coefficient (Wildman–Crippen LogP) is 5.38. The molecular weight excluding hydrogens is 244 g/mol. The van der Waals surface area contributed by atoms with Crippen LogP contribution in [0.4, 0.5) is 0 Å². The molecule has 0 aromatic rings. The van der Waals surface area contributed by atoms with E-state index in [-0.39, 0.29) is 0 Å². The van der Waals surface area contributed by atoms with Gasteiger partial charge >= 0.3 is 0 Å². The Bertz CT molecular complexity index is 327. The smallest absolute Gasteiger partial charge is 0.133 e. The number of ketones is 1. The lowest BCUT2D eigenvalue weighted by molar-refractivity contribution is -0.123. The average Bonchev–Trinajstić information content (AvgIpc) is 2.48. The number of hydrogen-bond acceptors (Lipinski definition) is 1. The highest BCUT2D eigenvalue weighted by Gasteiger charge is 2.38. The minimum Gasteiger partial charge on any atom is -0.300 e. The molecule has 0 aromatic heterocycles. The second-order valence-corrected chi connectivity index (χ2v) is 7.94. The van der Waals surface area contributed by atoms with E-state index in [0.717, 1.165) is 42.4 Å². The number of rotatable bonds is 3. The third-order valence-corrected chi connectivity index (χ3v) is 6.72. The fourth-order valence-electron chi connectivity index (χ4n) is 5.51. The molecule has 0 spiro atoms. The first-order chi connectivity index (χ1) is 9.76. The van der Waals surface area contributed by atoms with Crippen LogP contribution < -0.4 is 0 Å². The van der Waals surface area contributed by atoms with Crippen LogP contribution in [0.25, 0.3) is 0 Å². The third kappa shape index (κ3) is 3.28. The monoisotopic (exact) mass is 276 g/mol. The van der Waals surface area contributed by atoms with Crippen molar-refractivity contribution in [2.75, 3.05) is 0 Å². The summed E-state index contributed by atoms with van der Waals surface area (Å²) in [6, 6.07) is 0. The first-order valence-electron chi connectivity index (χ1n) is 9.28. The van der Waals surface area contributed by atoms with Crippen molar-refractivity contribution in [3.05, 3.63) is 0 Å². The molecule has 0 aromatic carbocycles. The minimum absolute atomic E-state index is 0.546. The Balaban J connectivity index is 1.49. The SMILES string of the molecule is CCC[C@H]1CC[C@H](C2CCC3CC(=O)CCC3C2)CC1. The molecule has 20 heavy (non-hydrogen) atoms. The van der Waals surface area contributed by atoms with E-state index in [1.165, 1.54) is 64.2 Å². The highest BCUT2D eigenvalue weighted by atomic mass is 16.1. The summed E-state index contributed by atoms with van der Waals surface area (Å²) in [5.74, 6) is 5.29. The zero-order chi connectivity index (χ0) is 13.9. The van der Waals surface area contributed by atoms with E-state index in [9.17, 15) is 4.79 Å². The Kier molecular flexibility index (Phi) is 4.83. The van der Waals surface area contributed by atoms with Crippen LogP contribution >= 0.6 is 0 Å². The molecule has 3 unspecified atom stereocenters. The van der Waals surface area contributed by atoms with Crippen LogP contribution in [0, 0.1) is 29.6 Å².